The molecular weight excluding hydrogens is 339 g/mol. The van der Waals surface area contributed by atoms with Gasteiger partial charge < -0.3 is 10.1 Å². The molecule has 0 atom stereocenters. The summed E-state index contributed by atoms with van der Waals surface area (Å²) in [6.45, 7) is 0.874. The van der Waals surface area contributed by atoms with Crippen molar-refractivity contribution in [2.24, 2.45) is 0 Å². The summed E-state index contributed by atoms with van der Waals surface area (Å²) >= 11 is 3.31. The lowest BCUT2D eigenvalue weighted by atomic mass is 10.2. The number of hydrogen-bond donors (Lipinski definition) is 1. The maximum Gasteiger partial charge on any atom is 0.339 e. The van der Waals surface area contributed by atoms with Crippen LogP contribution in [0.15, 0.2) is 41.0 Å². The third kappa shape index (κ3) is 4.34. The van der Waals surface area contributed by atoms with E-state index in [9.17, 15) is 9.18 Å². The number of esters is 1. The van der Waals surface area contributed by atoms with Crippen LogP contribution in [0.4, 0.5) is 4.39 Å². The van der Waals surface area contributed by atoms with Crippen molar-refractivity contribution in [3.05, 3.63) is 63.6 Å². The minimum absolute atomic E-state index is 0.250. The van der Waals surface area contributed by atoms with Gasteiger partial charge in [0, 0.05) is 29.3 Å². The van der Waals surface area contributed by atoms with Crippen molar-refractivity contribution in [3.8, 4) is 0 Å². The molecule has 0 aliphatic rings. The maximum absolute atomic E-state index is 13.5. The third-order valence-electron chi connectivity index (χ3n) is 2.88. The Morgan fingerprint density at radius 3 is 2.81 bits per heavy atom. The van der Waals surface area contributed by atoms with Gasteiger partial charge in [-0.3, -0.25) is 4.98 Å². The van der Waals surface area contributed by atoms with Gasteiger partial charge in [-0.1, -0.05) is 15.9 Å². The Morgan fingerprint density at radius 1 is 1.33 bits per heavy atom. The SMILES string of the molecule is COC(=O)c1ccc(CNCc2cc(Br)ccc2F)nc1. The molecule has 0 aliphatic carbocycles. The number of benzene rings is 1. The summed E-state index contributed by atoms with van der Waals surface area (Å²) in [6.07, 6.45) is 1.46. The summed E-state index contributed by atoms with van der Waals surface area (Å²) in [4.78, 5) is 15.4. The Kier molecular flexibility index (Phi) is 5.41. The van der Waals surface area contributed by atoms with Gasteiger partial charge in [-0.05, 0) is 30.3 Å². The molecule has 2 aromatic rings. The molecule has 1 N–H and O–H groups in total. The van der Waals surface area contributed by atoms with E-state index in [4.69, 9.17) is 0 Å². The highest BCUT2D eigenvalue weighted by atomic mass is 79.9. The number of hydrogen-bond acceptors (Lipinski definition) is 4. The van der Waals surface area contributed by atoms with Gasteiger partial charge in [0.15, 0.2) is 0 Å². The van der Waals surface area contributed by atoms with Gasteiger partial charge in [0.05, 0.1) is 18.4 Å². The highest BCUT2D eigenvalue weighted by Crippen LogP contribution is 2.15. The number of carbonyl (C=O) groups is 1. The number of nitrogens with zero attached hydrogens (tertiary/aromatic N) is 1. The predicted octanol–water partition coefficient (Wildman–Crippen LogP) is 3.06. The molecule has 2 rings (SSSR count). The van der Waals surface area contributed by atoms with Gasteiger partial charge in [-0.15, -0.1) is 0 Å². The Morgan fingerprint density at radius 2 is 2.14 bits per heavy atom. The minimum Gasteiger partial charge on any atom is -0.465 e. The van der Waals surface area contributed by atoms with E-state index in [2.05, 4.69) is 31.0 Å². The number of aromatic nitrogens is 1. The molecule has 0 saturated carbocycles. The van der Waals surface area contributed by atoms with Crippen LogP contribution in [0.25, 0.3) is 0 Å². The fraction of sp³-hybridized carbons (Fsp3) is 0.200. The van der Waals surface area contributed by atoms with Crippen molar-refractivity contribution >= 4 is 21.9 Å². The molecule has 0 aliphatic heterocycles. The monoisotopic (exact) mass is 352 g/mol. The Labute approximate surface area is 130 Å². The van der Waals surface area contributed by atoms with E-state index in [-0.39, 0.29) is 5.82 Å². The molecule has 0 unspecified atom stereocenters. The average molecular weight is 353 g/mol. The zero-order chi connectivity index (χ0) is 15.2. The number of methoxy groups -OCH3 is 1. The Bertz CT molecular complexity index is 632. The largest absolute Gasteiger partial charge is 0.465 e. The summed E-state index contributed by atoms with van der Waals surface area (Å²) < 4.78 is 19.0. The Hall–Kier alpha value is -1.79. The van der Waals surface area contributed by atoms with Crippen LogP contribution in [-0.4, -0.2) is 18.1 Å². The molecule has 6 heteroatoms. The number of pyridine rings is 1. The zero-order valence-electron chi connectivity index (χ0n) is 11.4. The van der Waals surface area contributed by atoms with E-state index in [0.717, 1.165) is 10.2 Å². The van der Waals surface area contributed by atoms with Crippen LogP contribution in [0.3, 0.4) is 0 Å². The van der Waals surface area contributed by atoms with Crippen LogP contribution in [0, 0.1) is 5.82 Å². The van der Waals surface area contributed by atoms with E-state index in [0.29, 0.717) is 24.2 Å². The summed E-state index contributed by atoms with van der Waals surface area (Å²) in [5.41, 5.74) is 1.74. The smallest absolute Gasteiger partial charge is 0.339 e. The lowest BCUT2D eigenvalue weighted by molar-refractivity contribution is 0.0600. The van der Waals surface area contributed by atoms with Crippen LogP contribution in [0.1, 0.15) is 21.6 Å². The number of nitrogens with one attached hydrogen (secondary N) is 1. The first-order valence-electron chi connectivity index (χ1n) is 6.28. The molecule has 1 heterocycles. The summed E-state index contributed by atoms with van der Waals surface area (Å²) in [5.74, 6) is -0.669. The van der Waals surface area contributed by atoms with Crippen molar-refractivity contribution in [2.75, 3.05) is 7.11 Å². The second-order valence-corrected chi connectivity index (χ2v) is 5.28. The first-order valence-corrected chi connectivity index (χ1v) is 7.07. The van der Waals surface area contributed by atoms with Crippen molar-refractivity contribution < 1.29 is 13.9 Å². The predicted molar refractivity (Wildman–Crippen MR) is 80.2 cm³/mol. The number of carbonyl (C=O) groups excluding carboxylic acids is 1. The van der Waals surface area contributed by atoms with E-state index >= 15 is 0 Å². The molecule has 4 nitrogen and oxygen atoms in total. The molecule has 110 valence electrons. The van der Waals surface area contributed by atoms with Gasteiger partial charge in [0.1, 0.15) is 5.82 Å². The second-order valence-electron chi connectivity index (χ2n) is 4.37. The number of rotatable bonds is 5. The van der Waals surface area contributed by atoms with Crippen LogP contribution in [0.5, 0.6) is 0 Å². The number of halogens is 2. The summed E-state index contributed by atoms with van der Waals surface area (Å²) in [5, 5.41) is 3.11. The van der Waals surface area contributed by atoms with Gasteiger partial charge in [-0.25, -0.2) is 9.18 Å². The Balaban J connectivity index is 1.91. The third-order valence-corrected chi connectivity index (χ3v) is 3.37. The van der Waals surface area contributed by atoms with E-state index < -0.39 is 5.97 Å². The topological polar surface area (TPSA) is 51.2 Å². The van der Waals surface area contributed by atoms with Crippen LogP contribution in [-0.2, 0) is 17.8 Å². The maximum atomic E-state index is 13.5. The minimum atomic E-state index is -0.418. The van der Waals surface area contributed by atoms with Crippen molar-refractivity contribution in [1.82, 2.24) is 10.3 Å². The normalized spacial score (nSPS) is 10.4. The zero-order valence-corrected chi connectivity index (χ0v) is 13.0. The number of ether oxygens (including phenoxy) is 1. The highest BCUT2D eigenvalue weighted by Gasteiger charge is 2.06. The fourth-order valence-corrected chi connectivity index (χ4v) is 2.18. The lowest BCUT2D eigenvalue weighted by Gasteiger charge is -2.07. The fourth-order valence-electron chi connectivity index (χ4n) is 1.77. The molecule has 0 amide bonds. The van der Waals surface area contributed by atoms with Crippen molar-refractivity contribution in [3.63, 3.8) is 0 Å². The van der Waals surface area contributed by atoms with E-state index in [1.54, 1.807) is 24.3 Å². The first-order chi connectivity index (χ1) is 10.1. The van der Waals surface area contributed by atoms with Gasteiger partial charge in [-0.2, -0.15) is 0 Å². The quantitative estimate of drug-likeness (QED) is 0.840. The highest BCUT2D eigenvalue weighted by molar-refractivity contribution is 9.10. The molecular formula is C15H14BrFN2O2. The van der Waals surface area contributed by atoms with Gasteiger partial charge in [0.25, 0.3) is 0 Å². The summed E-state index contributed by atoms with van der Waals surface area (Å²) in [7, 11) is 1.32. The van der Waals surface area contributed by atoms with Crippen LogP contribution in [0.2, 0.25) is 0 Å². The average Bonchev–Trinajstić information content (AvgIpc) is 2.50. The molecule has 21 heavy (non-hydrogen) atoms. The standard InChI is InChI=1S/C15H14BrFN2O2/c1-21-15(20)10-2-4-13(19-8-10)9-18-7-11-6-12(16)3-5-14(11)17/h2-6,8,18H,7,9H2,1H3. The van der Waals surface area contributed by atoms with Crippen molar-refractivity contribution in [1.29, 1.82) is 0 Å². The molecule has 0 saturated heterocycles. The molecule has 1 aromatic carbocycles. The van der Waals surface area contributed by atoms with Gasteiger partial charge in [0.2, 0.25) is 0 Å². The second kappa shape index (κ2) is 7.28. The van der Waals surface area contributed by atoms with Gasteiger partial charge >= 0.3 is 5.97 Å². The van der Waals surface area contributed by atoms with E-state index in [1.807, 2.05) is 0 Å². The molecule has 1 aromatic heterocycles. The molecule has 0 fully saturated rings. The molecule has 0 bridgehead atoms. The van der Waals surface area contributed by atoms with Crippen LogP contribution >= 0.6 is 15.9 Å². The molecule has 0 spiro atoms. The van der Waals surface area contributed by atoms with Crippen LogP contribution < -0.4 is 5.32 Å². The van der Waals surface area contributed by atoms with E-state index in [1.165, 1.54) is 19.4 Å². The van der Waals surface area contributed by atoms with Crippen molar-refractivity contribution in [2.45, 2.75) is 13.1 Å². The first kappa shape index (κ1) is 15.6. The lowest BCUT2D eigenvalue weighted by Crippen LogP contribution is -2.15. The molecule has 0 radical (unpaired) electrons. The summed E-state index contributed by atoms with van der Waals surface area (Å²) in [6, 6.07) is 8.19.